The second-order valence-corrected chi connectivity index (χ2v) is 3.81. The summed E-state index contributed by atoms with van der Waals surface area (Å²) in [5.74, 6) is 1.000. The molecule has 2 N–H and O–H groups in total. The van der Waals surface area contributed by atoms with Gasteiger partial charge in [0.1, 0.15) is 5.82 Å². The first-order valence-electron chi connectivity index (χ1n) is 5.64. The molecule has 0 aliphatic rings. The van der Waals surface area contributed by atoms with E-state index in [1.54, 1.807) is 15.6 Å². The molecule has 0 radical (unpaired) electrons. The predicted molar refractivity (Wildman–Crippen MR) is 64.7 cm³/mol. The second-order valence-electron chi connectivity index (χ2n) is 3.81. The summed E-state index contributed by atoms with van der Waals surface area (Å²) in [6.07, 6.45) is 4.50. The number of nitrogens with one attached hydrogen (secondary N) is 1. The van der Waals surface area contributed by atoms with Crippen LogP contribution in [0.4, 0.5) is 5.82 Å². The molecule has 0 aromatic carbocycles. The number of aliphatic hydroxyl groups excluding tert-OH is 1. The number of aryl methyl sites for hydroxylation is 1. The topological polar surface area (TPSA) is 67.9 Å². The fourth-order valence-electron chi connectivity index (χ4n) is 1.63. The molecule has 0 aliphatic heterocycles. The van der Waals surface area contributed by atoms with Gasteiger partial charge in [-0.3, -0.25) is 9.36 Å². The van der Waals surface area contributed by atoms with Crippen LogP contribution in [-0.2, 0) is 20.0 Å². The van der Waals surface area contributed by atoms with E-state index >= 15 is 0 Å². The first-order chi connectivity index (χ1) is 8.29. The average Bonchev–Trinajstić information content (AvgIpc) is 2.90. The summed E-state index contributed by atoms with van der Waals surface area (Å²) in [7, 11) is 1.90. The van der Waals surface area contributed by atoms with Crippen LogP contribution in [0.5, 0.6) is 0 Å². The zero-order valence-electron chi connectivity index (χ0n) is 9.87. The molecular weight excluding hydrogens is 218 g/mol. The van der Waals surface area contributed by atoms with Crippen molar-refractivity contribution in [3.8, 4) is 0 Å². The third-order valence-corrected chi connectivity index (χ3v) is 2.53. The van der Waals surface area contributed by atoms with E-state index < -0.39 is 0 Å². The molecule has 0 amide bonds. The van der Waals surface area contributed by atoms with Gasteiger partial charge in [0.25, 0.3) is 0 Å². The second kappa shape index (κ2) is 5.49. The van der Waals surface area contributed by atoms with Crippen LogP contribution in [0, 0.1) is 0 Å². The van der Waals surface area contributed by atoms with Crippen molar-refractivity contribution in [2.75, 3.05) is 18.5 Å². The third kappa shape index (κ3) is 3.07. The quantitative estimate of drug-likeness (QED) is 0.754. The SMILES string of the molecule is Cn1nccc1NCCc1ccn(CCO)n1. The third-order valence-electron chi connectivity index (χ3n) is 2.53. The van der Waals surface area contributed by atoms with E-state index in [1.165, 1.54) is 0 Å². The van der Waals surface area contributed by atoms with E-state index in [9.17, 15) is 0 Å². The summed E-state index contributed by atoms with van der Waals surface area (Å²) in [5.41, 5.74) is 1.02. The molecular formula is C11H17N5O. The van der Waals surface area contributed by atoms with E-state index in [-0.39, 0.29) is 6.61 Å². The first-order valence-corrected chi connectivity index (χ1v) is 5.64. The Balaban J connectivity index is 1.80. The molecule has 0 aliphatic carbocycles. The molecule has 2 heterocycles. The van der Waals surface area contributed by atoms with Gasteiger partial charge < -0.3 is 10.4 Å². The van der Waals surface area contributed by atoms with Crippen molar-refractivity contribution < 1.29 is 5.11 Å². The summed E-state index contributed by atoms with van der Waals surface area (Å²) in [6.45, 7) is 1.49. The number of anilines is 1. The number of aliphatic hydroxyl groups is 1. The molecule has 6 heteroatoms. The molecule has 0 saturated heterocycles. The summed E-state index contributed by atoms with van der Waals surface area (Å²) >= 11 is 0. The van der Waals surface area contributed by atoms with Crippen LogP contribution in [0.2, 0.25) is 0 Å². The molecule has 92 valence electrons. The maximum atomic E-state index is 8.78. The molecule has 0 spiro atoms. The van der Waals surface area contributed by atoms with E-state index in [4.69, 9.17) is 5.11 Å². The van der Waals surface area contributed by atoms with E-state index in [0.29, 0.717) is 6.54 Å². The summed E-state index contributed by atoms with van der Waals surface area (Å²) in [4.78, 5) is 0. The van der Waals surface area contributed by atoms with E-state index in [2.05, 4.69) is 15.5 Å². The lowest BCUT2D eigenvalue weighted by Gasteiger charge is -2.04. The maximum Gasteiger partial charge on any atom is 0.123 e. The maximum absolute atomic E-state index is 8.78. The van der Waals surface area contributed by atoms with Gasteiger partial charge in [-0.25, -0.2) is 0 Å². The normalized spacial score (nSPS) is 10.7. The zero-order valence-corrected chi connectivity index (χ0v) is 9.87. The Hall–Kier alpha value is -1.82. The summed E-state index contributed by atoms with van der Waals surface area (Å²) in [5, 5.41) is 20.5. The van der Waals surface area contributed by atoms with Crippen molar-refractivity contribution in [1.29, 1.82) is 0 Å². The van der Waals surface area contributed by atoms with Gasteiger partial charge in [-0.05, 0) is 6.07 Å². The van der Waals surface area contributed by atoms with Crippen LogP contribution in [0.15, 0.2) is 24.5 Å². The minimum atomic E-state index is 0.119. The highest BCUT2D eigenvalue weighted by Gasteiger charge is 2.00. The lowest BCUT2D eigenvalue weighted by atomic mass is 10.3. The molecule has 17 heavy (non-hydrogen) atoms. The highest BCUT2D eigenvalue weighted by Crippen LogP contribution is 2.04. The Labute approximate surface area is 99.9 Å². The van der Waals surface area contributed by atoms with Gasteiger partial charge in [0.2, 0.25) is 0 Å². The fourth-order valence-corrected chi connectivity index (χ4v) is 1.63. The van der Waals surface area contributed by atoms with Crippen molar-refractivity contribution >= 4 is 5.82 Å². The standard InChI is InChI=1S/C11H17N5O/c1-15-11(3-6-13-15)12-5-2-10-4-7-16(14-10)8-9-17/h3-4,6-7,12,17H,2,5,8-9H2,1H3. The Kier molecular flexibility index (Phi) is 3.77. The lowest BCUT2D eigenvalue weighted by Crippen LogP contribution is -2.09. The summed E-state index contributed by atoms with van der Waals surface area (Å²) in [6, 6.07) is 3.91. The number of hydrogen-bond acceptors (Lipinski definition) is 4. The predicted octanol–water partition coefficient (Wildman–Crippen LogP) is 0.263. The number of aromatic nitrogens is 4. The lowest BCUT2D eigenvalue weighted by molar-refractivity contribution is 0.269. The van der Waals surface area contributed by atoms with E-state index in [1.807, 2.05) is 25.4 Å². The average molecular weight is 235 g/mol. The van der Waals surface area contributed by atoms with Gasteiger partial charge in [-0.15, -0.1) is 0 Å². The van der Waals surface area contributed by atoms with E-state index in [0.717, 1.165) is 24.5 Å². The van der Waals surface area contributed by atoms with Crippen molar-refractivity contribution in [3.05, 3.63) is 30.2 Å². The van der Waals surface area contributed by atoms with Crippen LogP contribution in [-0.4, -0.2) is 37.8 Å². The number of rotatable bonds is 6. The Bertz CT molecular complexity index is 462. The minimum absolute atomic E-state index is 0.119. The smallest absolute Gasteiger partial charge is 0.123 e. The van der Waals surface area contributed by atoms with Crippen LogP contribution < -0.4 is 5.32 Å². The first kappa shape index (κ1) is 11.7. The number of nitrogens with zero attached hydrogens (tertiary/aromatic N) is 4. The van der Waals surface area contributed by atoms with Crippen molar-refractivity contribution in [3.63, 3.8) is 0 Å². The molecule has 0 fully saturated rings. The van der Waals surface area contributed by atoms with Crippen LogP contribution in [0.1, 0.15) is 5.69 Å². The van der Waals surface area contributed by atoms with Gasteiger partial charge in [0.15, 0.2) is 0 Å². The van der Waals surface area contributed by atoms with Crippen molar-refractivity contribution in [1.82, 2.24) is 19.6 Å². The Morgan fingerprint density at radius 2 is 2.29 bits per heavy atom. The summed E-state index contributed by atoms with van der Waals surface area (Å²) < 4.78 is 3.55. The Morgan fingerprint density at radius 3 is 3.00 bits per heavy atom. The van der Waals surface area contributed by atoms with Crippen molar-refractivity contribution in [2.45, 2.75) is 13.0 Å². The molecule has 0 atom stereocenters. The van der Waals surface area contributed by atoms with Gasteiger partial charge in [-0.2, -0.15) is 10.2 Å². The molecule has 0 unspecified atom stereocenters. The van der Waals surface area contributed by atoms with Crippen LogP contribution in [0.25, 0.3) is 0 Å². The van der Waals surface area contributed by atoms with Gasteiger partial charge in [-0.1, -0.05) is 0 Å². The zero-order chi connectivity index (χ0) is 12.1. The largest absolute Gasteiger partial charge is 0.394 e. The molecule has 0 saturated carbocycles. The highest BCUT2D eigenvalue weighted by molar-refractivity contribution is 5.33. The highest BCUT2D eigenvalue weighted by atomic mass is 16.3. The van der Waals surface area contributed by atoms with Crippen molar-refractivity contribution in [2.24, 2.45) is 7.05 Å². The molecule has 2 rings (SSSR count). The minimum Gasteiger partial charge on any atom is -0.394 e. The molecule has 0 bridgehead atoms. The Morgan fingerprint density at radius 1 is 1.41 bits per heavy atom. The van der Waals surface area contributed by atoms with Gasteiger partial charge in [0.05, 0.1) is 25.0 Å². The van der Waals surface area contributed by atoms with Crippen LogP contribution in [0.3, 0.4) is 0 Å². The monoisotopic (exact) mass is 235 g/mol. The number of hydrogen-bond donors (Lipinski definition) is 2. The molecule has 2 aromatic heterocycles. The van der Waals surface area contributed by atoms with Gasteiger partial charge >= 0.3 is 0 Å². The van der Waals surface area contributed by atoms with Crippen LogP contribution >= 0.6 is 0 Å². The molecule has 2 aromatic rings. The molecule has 6 nitrogen and oxygen atoms in total. The van der Waals surface area contributed by atoms with Gasteiger partial charge in [0, 0.05) is 32.3 Å². The fraction of sp³-hybridized carbons (Fsp3) is 0.455.